The molecule has 0 saturated heterocycles. The molecule has 0 amide bonds. The molecule has 0 unspecified atom stereocenters. The number of halogens is 2. The summed E-state index contributed by atoms with van der Waals surface area (Å²) in [6, 6.07) is 7.70. The van der Waals surface area contributed by atoms with Crippen molar-refractivity contribution < 1.29 is 8.78 Å². The molecule has 1 heterocycles. The highest BCUT2D eigenvalue weighted by Crippen LogP contribution is 2.34. The lowest BCUT2D eigenvalue weighted by Crippen LogP contribution is -2.27. The highest BCUT2D eigenvalue weighted by molar-refractivity contribution is 5.44. The lowest BCUT2D eigenvalue weighted by molar-refractivity contribution is 0.221. The van der Waals surface area contributed by atoms with Crippen LogP contribution >= 0.6 is 0 Å². The van der Waals surface area contributed by atoms with Gasteiger partial charge in [-0.15, -0.1) is 0 Å². The second kappa shape index (κ2) is 5.87. The third-order valence-corrected chi connectivity index (χ3v) is 4.20. The van der Waals surface area contributed by atoms with E-state index < -0.39 is 5.67 Å². The molecule has 1 aromatic carbocycles. The number of anilines is 1. The van der Waals surface area contributed by atoms with Crippen LogP contribution in [-0.4, -0.2) is 16.0 Å². The number of nitrogens with zero attached hydrogens (tertiary/aromatic N) is 3. The predicted octanol–water partition coefficient (Wildman–Crippen LogP) is 4.30. The molecule has 0 radical (unpaired) electrons. The molecule has 3 rings (SSSR count). The van der Waals surface area contributed by atoms with Crippen molar-refractivity contribution in [2.45, 2.75) is 51.9 Å². The lowest BCUT2D eigenvalue weighted by Gasteiger charge is -2.24. The second-order valence-electron chi connectivity index (χ2n) is 6.63. The van der Waals surface area contributed by atoms with Crippen LogP contribution in [0.2, 0.25) is 0 Å². The molecule has 0 atom stereocenters. The van der Waals surface area contributed by atoms with Gasteiger partial charge in [0.15, 0.2) is 11.6 Å². The first-order valence-electron chi connectivity index (χ1n) is 7.88. The third kappa shape index (κ3) is 3.49. The van der Waals surface area contributed by atoms with Gasteiger partial charge in [-0.05, 0) is 44.7 Å². The van der Waals surface area contributed by atoms with E-state index in [-0.39, 0.29) is 5.82 Å². The Morgan fingerprint density at radius 2 is 1.83 bits per heavy atom. The molecular weight excluding hydrogens is 296 g/mol. The van der Waals surface area contributed by atoms with E-state index in [1.54, 1.807) is 19.1 Å². The number of alkyl halides is 1. The molecule has 3 nitrogen and oxygen atoms in total. The summed E-state index contributed by atoms with van der Waals surface area (Å²) in [5, 5.41) is 0. The van der Waals surface area contributed by atoms with Gasteiger partial charge in [0.25, 0.3) is 0 Å². The van der Waals surface area contributed by atoms with Crippen LogP contribution in [0, 0.1) is 12.7 Å². The Balaban J connectivity index is 1.85. The van der Waals surface area contributed by atoms with Crippen molar-refractivity contribution in [2.24, 2.45) is 0 Å². The molecule has 0 N–H and O–H groups in total. The summed E-state index contributed by atoms with van der Waals surface area (Å²) in [5.74, 6) is -0.00388. The summed E-state index contributed by atoms with van der Waals surface area (Å²) in [6.45, 7) is 5.28. The van der Waals surface area contributed by atoms with Gasteiger partial charge < -0.3 is 4.90 Å². The van der Waals surface area contributed by atoms with E-state index in [1.165, 1.54) is 20.2 Å². The largest absolute Gasteiger partial charge is 0.347 e. The number of rotatable bonds is 5. The summed E-state index contributed by atoms with van der Waals surface area (Å²) < 4.78 is 28.3. The van der Waals surface area contributed by atoms with Crippen molar-refractivity contribution in [3.63, 3.8) is 0 Å². The second-order valence-corrected chi connectivity index (χ2v) is 6.63. The van der Waals surface area contributed by atoms with Crippen LogP contribution in [0.25, 0.3) is 0 Å². The Morgan fingerprint density at radius 3 is 2.39 bits per heavy atom. The molecule has 5 heteroatoms. The topological polar surface area (TPSA) is 29.0 Å². The molecule has 1 aromatic heterocycles. The van der Waals surface area contributed by atoms with Gasteiger partial charge >= 0.3 is 0 Å². The van der Waals surface area contributed by atoms with E-state index in [9.17, 15) is 8.78 Å². The maximum absolute atomic E-state index is 14.3. The van der Waals surface area contributed by atoms with Crippen LogP contribution in [0.4, 0.5) is 14.6 Å². The molecule has 0 bridgehead atoms. The van der Waals surface area contributed by atoms with Gasteiger partial charge in [0.1, 0.15) is 12.0 Å². The maximum atomic E-state index is 14.3. The monoisotopic (exact) mass is 317 g/mol. The van der Waals surface area contributed by atoms with Gasteiger partial charge in [0.2, 0.25) is 0 Å². The Kier molecular flexibility index (Phi) is 4.04. The van der Waals surface area contributed by atoms with Crippen molar-refractivity contribution in [1.29, 1.82) is 0 Å². The molecule has 0 spiro atoms. The zero-order valence-electron chi connectivity index (χ0n) is 13.7. The van der Waals surface area contributed by atoms with Crippen molar-refractivity contribution >= 4 is 5.82 Å². The minimum Gasteiger partial charge on any atom is -0.347 e. The number of aromatic nitrogens is 2. The lowest BCUT2D eigenvalue weighted by atomic mass is 9.99. The Labute approximate surface area is 135 Å². The fraction of sp³-hybridized carbons (Fsp3) is 0.444. The predicted molar refractivity (Wildman–Crippen MR) is 86.5 cm³/mol. The average molecular weight is 317 g/mol. The molecular formula is C18H21F2N3. The fourth-order valence-electron chi connectivity index (χ4n) is 2.61. The molecule has 2 aromatic rings. The zero-order valence-corrected chi connectivity index (χ0v) is 13.7. The summed E-state index contributed by atoms with van der Waals surface area (Å²) in [6.07, 6.45) is 3.48. The average Bonchev–Trinajstić information content (AvgIpc) is 3.32. The minimum absolute atomic E-state index is 0.316. The van der Waals surface area contributed by atoms with Gasteiger partial charge in [-0.2, -0.15) is 0 Å². The first kappa shape index (κ1) is 15.8. The van der Waals surface area contributed by atoms with Gasteiger partial charge in [-0.1, -0.05) is 24.3 Å². The molecule has 1 saturated carbocycles. The summed E-state index contributed by atoms with van der Waals surface area (Å²) in [5.41, 5.74) is 0.656. The van der Waals surface area contributed by atoms with E-state index in [0.717, 1.165) is 18.4 Å². The Hall–Kier alpha value is -2.04. The number of benzene rings is 1. The Bertz CT molecular complexity index is 688. The van der Waals surface area contributed by atoms with Crippen LogP contribution in [-0.2, 0) is 12.2 Å². The molecule has 1 aliphatic carbocycles. The molecule has 0 aliphatic heterocycles. The first-order valence-corrected chi connectivity index (χ1v) is 7.88. The number of hydrogen-bond donors (Lipinski definition) is 0. The van der Waals surface area contributed by atoms with Crippen molar-refractivity contribution in [2.75, 3.05) is 4.90 Å². The fourth-order valence-corrected chi connectivity index (χ4v) is 2.61. The van der Waals surface area contributed by atoms with Gasteiger partial charge in [-0.25, -0.2) is 18.7 Å². The van der Waals surface area contributed by atoms with Gasteiger partial charge in [0.05, 0.1) is 5.69 Å². The van der Waals surface area contributed by atoms with Gasteiger partial charge in [-0.3, -0.25) is 0 Å². The van der Waals surface area contributed by atoms with E-state index in [1.807, 2.05) is 17.0 Å². The summed E-state index contributed by atoms with van der Waals surface area (Å²) in [4.78, 5) is 10.0. The van der Waals surface area contributed by atoms with Crippen LogP contribution in [0.3, 0.4) is 0 Å². The van der Waals surface area contributed by atoms with E-state index in [4.69, 9.17) is 0 Å². The van der Waals surface area contributed by atoms with Crippen molar-refractivity contribution in [3.8, 4) is 0 Å². The van der Waals surface area contributed by atoms with E-state index in [2.05, 4.69) is 9.97 Å². The number of aryl methyl sites for hydroxylation is 1. The molecule has 23 heavy (non-hydrogen) atoms. The van der Waals surface area contributed by atoms with Crippen molar-refractivity contribution in [1.82, 2.24) is 9.97 Å². The highest BCUT2D eigenvalue weighted by atomic mass is 19.1. The highest BCUT2D eigenvalue weighted by Gasteiger charge is 2.32. The Morgan fingerprint density at radius 1 is 1.17 bits per heavy atom. The van der Waals surface area contributed by atoms with Gasteiger partial charge in [0, 0.05) is 12.6 Å². The first-order chi connectivity index (χ1) is 10.9. The standard InChI is InChI=1S/C18H21F2N3/c1-12-16(19)17(22-11-21-12)23(15-8-9-15)10-13-4-6-14(7-5-13)18(2,3)20/h4-7,11,15H,8-10H2,1-3H3. The molecule has 1 fully saturated rings. The zero-order chi connectivity index (χ0) is 16.6. The third-order valence-electron chi connectivity index (χ3n) is 4.20. The van der Waals surface area contributed by atoms with Crippen LogP contribution < -0.4 is 4.90 Å². The van der Waals surface area contributed by atoms with Crippen molar-refractivity contribution in [3.05, 3.63) is 53.2 Å². The number of hydrogen-bond acceptors (Lipinski definition) is 3. The molecule has 122 valence electrons. The SMILES string of the molecule is Cc1ncnc(N(Cc2ccc(C(C)(C)F)cc2)C2CC2)c1F. The molecule has 1 aliphatic rings. The van der Waals surface area contributed by atoms with Crippen LogP contribution in [0.15, 0.2) is 30.6 Å². The van der Waals surface area contributed by atoms with E-state index in [0.29, 0.717) is 29.7 Å². The van der Waals surface area contributed by atoms with Crippen LogP contribution in [0.1, 0.15) is 43.5 Å². The maximum Gasteiger partial charge on any atom is 0.186 e. The normalized spacial score (nSPS) is 14.8. The van der Waals surface area contributed by atoms with Crippen LogP contribution in [0.5, 0.6) is 0 Å². The minimum atomic E-state index is -1.36. The smallest absolute Gasteiger partial charge is 0.186 e. The quantitative estimate of drug-likeness (QED) is 0.823. The summed E-state index contributed by atoms with van der Waals surface area (Å²) >= 11 is 0. The van der Waals surface area contributed by atoms with E-state index >= 15 is 0 Å². The summed E-state index contributed by atoms with van der Waals surface area (Å²) in [7, 11) is 0.